The van der Waals surface area contributed by atoms with E-state index in [0.29, 0.717) is 11.1 Å². The third-order valence-corrected chi connectivity index (χ3v) is 3.09. The van der Waals surface area contributed by atoms with Crippen molar-refractivity contribution in [3.05, 3.63) is 65.9 Å². The molecule has 2 aromatic heterocycles. The number of nitrogens with zero attached hydrogens (tertiary/aromatic N) is 3. The fourth-order valence-electron chi connectivity index (χ4n) is 2.21. The van der Waals surface area contributed by atoms with Gasteiger partial charge in [0.05, 0.1) is 22.9 Å². The van der Waals surface area contributed by atoms with Crippen LogP contribution >= 0.6 is 0 Å². The largest absolute Gasteiger partial charge is 0.315 e. The number of aromatic nitrogens is 1. The minimum Gasteiger partial charge on any atom is -0.315 e. The van der Waals surface area contributed by atoms with Gasteiger partial charge in [0.25, 0.3) is 0 Å². The van der Waals surface area contributed by atoms with Crippen LogP contribution in [0.15, 0.2) is 54.7 Å². The van der Waals surface area contributed by atoms with Gasteiger partial charge in [-0.05, 0) is 35.9 Å². The summed E-state index contributed by atoms with van der Waals surface area (Å²) in [4.78, 5) is 0. The van der Waals surface area contributed by atoms with E-state index >= 15 is 0 Å². The summed E-state index contributed by atoms with van der Waals surface area (Å²) in [6.07, 6.45) is 1.93. The van der Waals surface area contributed by atoms with Crippen molar-refractivity contribution >= 4 is 5.52 Å². The molecule has 0 aliphatic rings. The van der Waals surface area contributed by atoms with Crippen LogP contribution in [0.1, 0.15) is 11.1 Å². The van der Waals surface area contributed by atoms with Crippen LogP contribution in [0.2, 0.25) is 0 Å². The quantitative estimate of drug-likeness (QED) is 0.658. The molecule has 1 aromatic carbocycles. The van der Waals surface area contributed by atoms with Gasteiger partial charge in [0.2, 0.25) is 0 Å². The second kappa shape index (κ2) is 4.33. The molecule has 0 N–H and O–H groups in total. The summed E-state index contributed by atoms with van der Waals surface area (Å²) in [6.45, 7) is 0. The van der Waals surface area contributed by atoms with Crippen LogP contribution in [0, 0.1) is 22.7 Å². The Morgan fingerprint density at radius 1 is 0.895 bits per heavy atom. The summed E-state index contributed by atoms with van der Waals surface area (Å²) in [5.74, 6) is 0. The minimum atomic E-state index is 0.614. The fraction of sp³-hybridized carbons (Fsp3) is 0. The first kappa shape index (κ1) is 11.1. The first-order valence-electron chi connectivity index (χ1n) is 5.84. The average Bonchev–Trinajstić information content (AvgIpc) is 2.86. The van der Waals surface area contributed by atoms with Crippen LogP contribution < -0.4 is 0 Å². The summed E-state index contributed by atoms with van der Waals surface area (Å²) < 4.78 is 1.99. The van der Waals surface area contributed by atoms with E-state index in [-0.39, 0.29) is 0 Å². The van der Waals surface area contributed by atoms with Crippen molar-refractivity contribution in [1.29, 1.82) is 10.5 Å². The van der Waals surface area contributed by atoms with E-state index in [1.54, 1.807) is 12.1 Å². The zero-order valence-corrected chi connectivity index (χ0v) is 10.0. The Morgan fingerprint density at radius 3 is 2.37 bits per heavy atom. The Balaban J connectivity index is 2.29. The van der Waals surface area contributed by atoms with Crippen molar-refractivity contribution in [2.24, 2.45) is 0 Å². The molecule has 0 saturated carbocycles. The second-order valence-electron chi connectivity index (χ2n) is 4.20. The SMILES string of the molecule is N#Cc1ccc(-c2c(C#N)cc3ccccn23)cc1. The molecule has 3 aromatic rings. The number of pyridine rings is 1. The molecule has 0 amide bonds. The van der Waals surface area contributed by atoms with Gasteiger partial charge in [-0.3, -0.25) is 0 Å². The zero-order chi connectivity index (χ0) is 13.2. The van der Waals surface area contributed by atoms with Crippen LogP contribution in [0.4, 0.5) is 0 Å². The highest BCUT2D eigenvalue weighted by molar-refractivity contribution is 5.75. The lowest BCUT2D eigenvalue weighted by Crippen LogP contribution is -1.89. The molecule has 0 bridgehead atoms. The van der Waals surface area contributed by atoms with E-state index in [4.69, 9.17) is 5.26 Å². The fourth-order valence-corrected chi connectivity index (χ4v) is 2.21. The molecule has 0 spiro atoms. The van der Waals surface area contributed by atoms with Crippen molar-refractivity contribution in [3.63, 3.8) is 0 Å². The number of rotatable bonds is 1. The van der Waals surface area contributed by atoms with E-state index in [0.717, 1.165) is 16.8 Å². The molecule has 3 heteroatoms. The molecular formula is C16H9N3. The van der Waals surface area contributed by atoms with Gasteiger partial charge < -0.3 is 4.40 Å². The van der Waals surface area contributed by atoms with E-state index in [9.17, 15) is 5.26 Å². The van der Waals surface area contributed by atoms with Gasteiger partial charge in [0, 0.05) is 11.7 Å². The van der Waals surface area contributed by atoms with Crippen molar-refractivity contribution in [2.75, 3.05) is 0 Å². The lowest BCUT2D eigenvalue weighted by atomic mass is 10.1. The molecule has 0 saturated heterocycles. The number of hydrogen-bond acceptors (Lipinski definition) is 2. The predicted molar refractivity (Wildman–Crippen MR) is 72.3 cm³/mol. The van der Waals surface area contributed by atoms with E-state index in [1.807, 2.05) is 47.0 Å². The summed E-state index contributed by atoms with van der Waals surface area (Å²) in [7, 11) is 0. The Hall–Kier alpha value is -3.04. The summed E-state index contributed by atoms with van der Waals surface area (Å²) in [5, 5.41) is 18.1. The molecule has 0 fully saturated rings. The topological polar surface area (TPSA) is 52.0 Å². The predicted octanol–water partition coefficient (Wildman–Crippen LogP) is 3.35. The van der Waals surface area contributed by atoms with Crippen molar-refractivity contribution in [3.8, 4) is 23.4 Å². The second-order valence-corrected chi connectivity index (χ2v) is 4.20. The smallest absolute Gasteiger partial charge is 0.101 e. The molecule has 0 aliphatic carbocycles. The molecule has 19 heavy (non-hydrogen) atoms. The van der Waals surface area contributed by atoms with Crippen LogP contribution in [0.25, 0.3) is 16.8 Å². The van der Waals surface area contributed by atoms with Gasteiger partial charge in [-0.15, -0.1) is 0 Å². The highest BCUT2D eigenvalue weighted by atomic mass is 14.9. The molecule has 3 rings (SSSR count). The van der Waals surface area contributed by atoms with Gasteiger partial charge in [-0.1, -0.05) is 18.2 Å². The Kier molecular flexibility index (Phi) is 2.52. The van der Waals surface area contributed by atoms with Gasteiger partial charge in [0.15, 0.2) is 0 Å². The van der Waals surface area contributed by atoms with Gasteiger partial charge >= 0.3 is 0 Å². The minimum absolute atomic E-state index is 0.614. The van der Waals surface area contributed by atoms with Crippen LogP contribution in [0.3, 0.4) is 0 Å². The molecule has 0 aliphatic heterocycles. The van der Waals surface area contributed by atoms with Gasteiger partial charge in [-0.2, -0.15) is 10.5 Å². The standard InChI is InChI=1S/C16H9N3/c17-10-12-4-6-13(7-5-12)16-14(11-18)9-15-3-1-2-8-19(15)16/h1-9H. The normalized spacial score (nSPS) is 10.0. The third kappa shape index (κ3) is 1.74. The number of fused-ring (bicyclic) bond motifs is 1. The zero-order valence-electron chi connectivity index (χ0n) is 10.0. The van der Waals surface area contributed by atoms with Gasteiger partial charge in [-0.25, -0.2) is 0 Å². The van der Waals surface area contributed by atoms with Crippen molar-refractivity contribution in [1.82, 2.24) is 4.40 Å². The lowest BCUT2D eigenvalue weighted by molar-refractivity contribution is 1.20. The molecule has 3 nitrogen and oxygen atoms in total. The third-order valence-electron chi connectivity index (χ3n) is 3.09. The highest BCUT2D eigenvalue weighted by Gasteiger charge is 2.11. The summed E-state index contributed by atoms with van der Waals surface area (Å²) >= 11 is 0. The maximum absolute atomic E-state index is 9.27. The Labute approximate surface area is 110 Å². The highest BCUT2D eigenvalue weighted by Crippen LogP contribution is 2.27. The number of hydrogen-bond donors (Lipinski definition) is 0. The molecule has 2 heterocycles. The molecule has 88 valence electrons. The van der Waals surface area contributed by atoms with E-state index < -0.39 is 0 Å². The first-order valence-corrected chi connectivity index (χ1v) is 5.84. The molecule has 0 atom stereocenters. The average molecular weight is 243 g/mol. The molecule has 0 radical (unpaired) electrons. The van der Waals surface area contributed by atoms with Gasteiger partial charge in [0.1, 0.15) is 6.07 Å². The Morgan fingerprint density at radius 2 is 1.68 bits per heavy atom. The maximum Gasteiger partial charge on any atom is 0.101 e. The maximum atomic E-state index is 9.27. The number of benzene rings is 1. The van der Waals surface area contributed by atoms with E-state index in [1.165, 1.54) is 0 Å². The lowest BCUT2D eigenvalue weighted by Gasteiger charge is -2.03. The van der Waals surface area contributed by atoms with Crippen LogP contribution in [0.5, 0.6) is 0 Å². The summed E-state index contributed by atoms with van der Waals surface area (Å²) in [5.41, 5.74) is 4.03. The number of nitriles is 2. The monoisotopic (exact) mass is 243 g/mol. The van der Waals surface area contributed by atoms with Crippen LogP contribution in [-0.4, -0.2) is 4.40 Å². The Bertz CT molecular complexity index is 827. The first-order chi connectivity index (χ1) is 9.33. The van der Waals surface area contributed by atoms with Crippen molar-refractivity contribution in [2.45, 2.75) is 0 Å². The molecule has 0 unspecified atom stereocenters. The summed E-state index contributed by atoms with van der Waals surface area (Å²) in [6, 6.07) is 19.3. The van der Waals surface area contributed by atoms with Crippen LogP contribution in [-0.2, 0) is 0 Å². The molecular weight excluding hydrogens is 234 g/mol. The van der Waals surface area contributed by atoms with E-state index in [2.05, 4.69) is 12.1 Å². The van der Waals surface area contributed by atoms with Crippen molar-refractivity contribution < 1.29 is 0 Å².